The highest BCUT2D eigenvalue weighted by Gasteiger charge is 2.33. The Hall–Kier alpha value is -1.67. The Bertz CT molecular complexity index is 1090. The van der Waals surface area contributed by atoms with Crippen molar-refractivity contribution >= 4 is 44.8 Å². The zero-order valence-corrected chi connectivity index (χ0v) is 19.3. The first kappa shape index (κ1) is 23.0. The van der Waals surface area contributed by atoms with E-state index in [1.165, 1.54) is 28.6 Å². The predicted molar refractivity (Wildman–Crippen MR) is 118 cm³/mol. The summed E-state index contributed by atoms with van der Waals surface area (Å²) in [6.45, 7) is 5.87. The molecule has 0 saturated heterocycles. The summed E-state index contributed by atoms with van der Waals surface area (Å²) >= 11 is 12.5. The molecule has 5 nitrogen and oxygen atoms in total. The molecule has 9 heteroatoms. The average molecular weight is 473 g/mol. The number of nitrogens with zero attached hydrogens (tertiary/aromatic N) is 2. The summed E-state index contributed by atoms with van der Waals surface area (Å²) in [5, 5.41) is 0.0162. The highest BCUT2D eigenvalue weighted by atomic mass is 35.5. The van der Waals surface area contributed by atoms with Gasteiger partial charge in [-0.2, -0.15) is 4.31 Å². The molecule has 1 atom stereocenters. The van der Waals surface area contributed by atoms with E-state index in [9.17, 15) is 17.6 Å². The maximum absolute atomic E-state index is 13.7. The topological polar surface area (TPSA) is 57.7 Å². The van der Waals surface area contributed by atoms with E-state index in [1.54, 1.807) is 24.8 Å². The number of halogens is 3. The lowest BCUT2D eigenvalue weighted by molar-refractivity contribution is 0.0975. The highest BCUT2D eigenvalue weighted by Crippen LogP contribution is 2.36. The number of carbonyl (C=O) groups is 1. The molecular formula is C21H23Cl2FN2O3S. The fourth-order valence-corrected chi connectivity index (χ4v) is 6.04. The van der Waals surface area contributed by atoms with Crippen LogP contribution in [0.1, 0.15) is 43.1 Å². The van der Waals surface area contributed by atoms with E-state index in [0.717, 1.165) is 5.56 Å². The molecule has 0 spiro atoms. The molecule has 0 aromatic heterocycles. The fourth-order valence-electron chi connectivity index (χ4n) is 3.75. The van der Waals surface area contributed by atoms with Crippen LogP contribution in [-0.2, 0) is 16.4 Å². The number of amides is 1. The van der Waals surface area contributed by atoms with Gasteiger partial charge in [0.2, 0.25) is 10.0 Å². The number of rotatable bonds is 5. The molecular weight excluding hydrogens is 450 g/mol. The van der Waals surface area contributed by atoms with Gasteiger partial charge in [-0.25, -0.2) is 12.8 Å². The van der Waals surface area contributed by atoms with E-state index in [-0.39, 0.29) is 45.5 Å². The Balaban J connectivity index is 2.12. The third-order valence-electron chi connectivity index (χ3n) is 5.37. The molecule has 0 unspecified atom stereocenters. The molecule has 0 fully saturated rings. The minimum Gasteiger partial charge on any atom is -0.305 e. The summed E-state index contributed by atoms with van der Waals surface area (Å²) in [5.41, 5.74) is 1.36. The van der Waals surface area contributed by atoms with Crippen molar-refractivity contribution < 1.29 is 17.6 Å². The molecule has 0 radical (unpaired) electrons. The van der Waals surface area contributed by atoms with Crippen molar-refractivity contribution in [2.75, 3.05) is 18.0 Å². The second-order valence-electron chi connectivity index (χ2n) is 7.19. The lowest BCUT2D eigenvalue weighted by Crippen LogP contribution is -2.42. The van der Waals surface area contributed by atoms with Gasteiger partial charge in [0.1, 0.15) is 10.7 Å². The van der Waals surface area contributed by atoms with Crippen LogP contribution in [0.15, 0.2) is 35.2 Å². The third-order valence-corrected chi connectivity index (χ3v) is 8.19. The smallest absolute Gasteiger partial charge is 0.260 e. The Kier molecular flexibility index (Phi) is 6.77. The zero-order valence-electron chi connectivity index (χ0n) is 17.0. The van der Waals surface area contributed by atoms with E-state index in [0.29, 0.717) is 18.5 Å². The van der Waals surface area contributed by atoms with Gasteiger partial charge in [-0.1, -0.05) is 37.0 Å². The van der Waals surface area contributed by atoms with E-state index in [2.05, 4.69) is 0 Å². The van der Waals surface area contributed by atoms with Gasteiger partial charge in [-0.15, -0.1) is 0 Å². The number of anilines is 1. The molecule has 1 aliphatic rings. The summed E-state index contributed by atoms with van der Waals surface area (Å²) in [6.07, 6.45) is 1.30. The number of sulfonamides is 1. The Morgan fingerprint density at radius 3 is 2.47 bits per heavy atom. The van der Waals surface area contributed by atoms with Crippen LogP contribution in [0.25, 0.3) is 0 Å². The first-order chi connectivity index (χ1) is 14.1. The molecule has 0 saturated carbocycles. The summed E-state index contributed by atoms with van der Waals surface area (Å²) in [5.74, 6) is -0.819. The number of hydrogen-bond acceptors (Lipinski definition) is 3. The Morgan fingerprint density at radius 1 is 1.17 bits per heavy atom. The van der Waals surface area contributed by atoms with Gasteiger partial charge in [0, 0.05) is 24.8 Å². The van der Waals surface area contributed by atoms with Crippen molar-refractivity contribution in [3.05, 3.63) is 57.3 Å². The number of benzene rings is 2. The average Bonchev–Trinajstić information content (AvgIpc) is 2.68. The maximum atomic E-state index is 13.7. The van der Waals surface area contributed by atoms with Crippen LogP contribution >= 0.6 is 23.2 Å². The van der Waals surface area contributed by atoms with Gasteiger partial charge in [-0.3, -0.25) is 4.79 Å². The molecule has 2 aromatic carbocycles. The van der Waals surface area contributed by atoms with Gasteiger partial charge >= 0.3 is 0 Å². The highest BCUT2D eigenvalue weighted by molar-refractivity contribution is 7.89. The van der Waals surface area contributed by atoms with Crippen molar-refractivity contribution in [1.82, 2.24) is 4.31 Å². The molecule has 3 rings (SSSR count). The second-order valence-corrected chi connectivity index (χ2v) is 9.91. The van der Waals surface area contributed by atoms with Crippen LogP contribution in [0, 0.1) is 5.82 Å². The molecule has 1 heterocycles. The molecule has 162 valence electrons. The first-order valence-electron chi connectivity index (χ1n) is 9.73. The standard InChI is InChI=1S/C21H23Cl2FN2O3S/c1-4-25(5-2)30(28,29)20-11-16(17(22)12-18(20)23)21(27)26-13(3)6-7-14-10-15(24)8-9-19(14)26/h8-13H,4-7H2,1-3H3/t13-/m0/s1. The summed E-state index contributed by atoms with van der Waals surface area (Å²) in [6, 6.07) is 6.65. The van der Waals surface area contributed by atoms with Crippen molar-refractivity contribution in [1.29, 1.82) is 0 Å². The van der Waals surface area contributed by atoms with Gasteiger partial charge in [0.05, 0.1) is 15.6 Å². The van der Waals surface area contributed by atoms with Crippen molar-refractivity contribution in [2.45, 2.75) is 44.6 Å². The van der Waals surface area contributed by atoms with Crippen LogP contribution in [0.5, 0.6) is 0 Å². The predicted octanol–water partition coefficient (Wildman–Crippen LogP) is 5.14. The van der Waals surface area contributed by atoms with E-state index >= 15 is 0 Å². The third kappa shape index (κ3) is 4.08. The molecule has 2 aromatic rings. The van der Waals surface area contributed by atoms with E-state index in [1.807, 2.05) is 6.92 Å². The Morgan fingerprint density at radius 2 is 1.83 bits per heavy atom. The summed E-state index contributed by atoms with van der Waals surface area (Å²) in [4.78, 5) is 14.9. The van der Waals surface area contributed by atoms with Crippen LogP contribution < -0.4 is 4.90 Å². The molecule has 30 heavy (non-hydrogen) atoms. The molecule has 0 bridgehead atoms. The largest absolute Gasteiger partial charge is 0.305 e. The Labute approximate surface area is 186 Å². The number of aryl methyl sites for hydroxylation is 1. The summed E-state index contributed by atoms with van der Waals surface area (Å²) in [7, 11) is -3.89. The van der Waals surface area contributed by atoms with Crippen LogP contribution in [-0.4, -0.2) is 37.8 Å². The van der Waals surface area contributed by atoms with E-state index in [4.69, 9.17) is 23.2 Å². The monoisotopic (exact) mass is 472 g/mol. The second kappa shape index (κ2) is 8.83. The van der Waals surface area contributed by atoms with Gasteiger partial charge in [0.25, 0.3) is 5.91 Å². The van der Waals surface area contributed by atoms with Crippen molar-refractivity contribution in [3.63, 3.8) is 0 Å². The van der Waals surface area contributed by atoms with Crippen LogP contribution in [0.2, 0.25) is 10.0 Å². The number of carbonyl (C=O) groups excluding carboxylic acids is 1. The number of hydrogen-bond donors (Lipinski definition) is 0. The minimum absolute atomic E-state index is 0.0378. The first-order valence-corrected chi connectivity index (χ1v) is 11.9. The SMILES string of the molecule is CCN(CC)S(=O)(=O)c1cc(C(=O)N2c3ccc(F)cc3CC[C@@H]2C)c(Cl)cc1Cl. The van der Waals surface area contributed by atoms with Crippen molar-refractivity contribution in [3.8, 4) is 0 Å². The molecule has 0 N–H and O–H groups in total. The summed E-state index contributed by atoms with van der Waals surface area (Å²) < 4.78 is 40.9. The van der Waals surface area contributed by atoms with E-state index < -0.39 is 15.9 Å². The lowest BCUT2D eigenvalue weighted by Gasteiger charge is -2.35. The molecule has 0 aliphatic carbocycles. The maximum Gasteiger partial charge on any atom is 0.260 e. The van der Waals surface area contributed by atoms with Crippen LogP contribution in [0.4, 0.5) is 10.1 Å². The van der Waals surface area contributed by atoms with Crippen LogP contribution in [0.3, 0.4) is 0 Å². The fraction of sp³-hybridized carbons (Fsp3) is 0.381. The normalized spacial score (nSPS) is 16.6. The van der Waals surface area contributed by atoms with Gasteiger partial charge in [-0.05, 0) is 55.7 Å². The molecule has 1 aliphatic heterocycles. The van der Waals surface area contributed by atoms with Gasteiger partial charge in [0.15, 0.2) is 0 Å². The molecule has 1 amide bonds. The van der Waals surface area contributed by atoms with Crippen molar-refractivity contribution in [2.24, 2.45) is 0 Å². The zero-order chi connectivity index (χ0) is 22.2. The quantitative estimate of drug-likeness (QED) is 0.604. The minimum atomic E-state index is -3.89. The lowest BCUT2D eigenvalue weighted by atomic mass is 9.95. The number of fused-ring (bicyclic) bond motifs is 1. The van der Waals surface area contributed by atoms with Gasteiger partial charge < -0.3 is 4.90 Å².